The highest BCUT2D eigenvalue weighted by atomic mass is 14.8. The fraction of sp³-hybridized carbons (Fsp3) is 0. The molecule has 0 fully saturated rings. The van der Waals surface area contributed by atoms with Crippen molar-refractivity contribution in [3.63, 3.8) is 0 Å². The van der Waals surface area contributed by atoms with Crippen LogP contribution in [0.4, 0.5) is 5.69 Å². The number of aromatic amines is 1. The molecule has 0 atom stereocenters. The molecule has 0 aliphatic heterocycles. The van der Waals surface area contributed by atoms with Crippen molar-refractivity contribution < 1.29 is 0 Å². The second kappa shape index (κ2) is 3.49. The fourth-order valence-electron chi connectivity index (χ4n) is 1.54. The van der Waals surface area contributed by atoms with Crippen molar-refractivity contribution in [3.8, 4) is 0 Å². The van der Waals surface area contributed by atoms with Crippen molar-refractivity contribution in [3.05, 3.63) is 42.9 Å². The van der Waals surface area contributed by atoms with Crippen LogP contribution >= 0.6 is 0 Å². The molecule has 2 heterocycles. The molecule has 2 aromatic rings. The molecule has 0 spiro atoms. The molecule has 0 saturated carbocycles. The summed E-state index contributed by atoms with van der Waals surface area (Å²) in [5, 5.41) is 0.889. The van der Waals surface area contributed by atoms with Gasteiger partial charge in [0.15, 0.2) is 0 Å². The van der Waals surface area contributed by atoms with E-state index >= 15 is 0 Å². The summed E-state index contributed by atoms with van der Waals surface area (Å²) >= 11 is 0. The fourth-order valence-corrected chi connectivity index (χ4v) is 1.54. The molecular weight excluding hydrogens is 188 g/mol. The molecule has 0 bridgehead atoms. The molecule has 0 unspecified atom stereocenters. The van der Waals surface area contributed by atoms with E-state index < -0.39 is 0 Å². The van der Waals surface area contributed by atoms with Crippen LogP contribution in [0.15, 0.2) is 37.3 Å². The third-order valence-electron chi connectivity index (χ3n) is 2.25. The first-order valence-electron chi connectivity index (χ1n) is 4.53. The minimum absolute atomic E-state index is 0.683. The number of nitrogen functional groups attached to an aromatic ring is 1. The van der Waals surface area contributed by atoms with Crippen molar-refractivity contribution in [1.82, 2.24) is 9.97 Å². The van der Waals surface area contributed by atoms with Crippen molar-refractivity contribution >= 4 is 22.3 Å². The van der Waals surface area contributed by atoms with Gasteiger partial charge in [-0.1, -0.05) is 6.58 Å². The number of hydrogen-bond donors (Lipinski definition) is 3. The molecule has 0 aliphatic rings. The van der Waals surface area contributed by atoms with E-state index in [1.165, 1.54) is 6.20 Å². The number of hydrogen-bond acceptors (Lipinski definition) is 3. The maximum Gasteiger partial charge on any atom is 0.139 e. The van der Waals surface area contributed by atoms with Crippen LogP contribution in [0, 0.1) is 0 Å². The minimum atomic E-state index is 0.683. The number of allylic oxidation sites excluding steroid dienone is 2. The quantitative estimate of drug-likeness (QED) is 0.644. The zero-order valence-corrected chi connectivity index (χ0v) is 8.20. The van der Waals surface area contributed by atoms with Gasteiger partial charge in [0, 0.05) is 29.0 Å². The summed E-state index contributed by atoms with van der Waals surface area (Å²) in [6.45, 7) is 3.91. The van der Waals surface area contributed by atoms with Crippen molar-refractivity contribution in [2.75, 3.05) is 5.73 Å². The van der Waals surface area contributed by atoms with Gasteiger partial charge in [0.1, 0.15) is 5.65 Å². The van der Waals surface area contributed by atoms with Crippen LogP contribution in [0.5, 0.6) is 0 Å². The normalized spacial score (nSPS) is 11.2. The largest absolute Gasteiger partial charge is 0.405 e. The molecule has 0 radical (unpaired) electrons. The van der Waals surface area contributed by atoms with Gasteiger partial charge in [0.2, 0.25) is 0 Å². The third kappa shape index (κ3) is 1.46. The van der Waals surface area contributed by atoms with Crippen molar-refractivity contribution in [1.29, 1.82) is 0 Å². The number of pyridine rings is 1. The Morgan fingerprint density at radius 1 is 1.53 bits per heavy atom. The number of H-pyrrole nitrogens is 1. The Kier molecular flexibility index (Phi) is 2.17. The molecule has 0 aliphatic carbocycles. The number of fused-ring (bicyclic) bond motifs is 1. The Morgan fingerprint density at radius 3 is 3.07 bits per heavy atom. The third-order valence-corrected chi connectivity index (χ3v) is 2.25. The summed E-state index contributed by atoms with van der Waals surface area (Å²) in [5.74, 6) is 0. The van der Waals surface area contributed by atoms with Crippen LogP contribution < -0.4 is 11.5 Å². The van der Waals surface area contributed by atoms with E-state index in [-0.39, 0.29) is 0 Å². The Bertz CT molecular complexity index is 537. The average molecular weight is 200 g/mol. The van der Waals surface area contributed by atoms with Gasteiger partial charge in [0.05, 0.1) is 0 Å². The predicted octanol–water partition coefficient (Wildman–Crippen LogP) is 1.63. The standard InChI is InChI=1S/C11H12N4/c1-7(2-4-12)8-6-15-11-10(8)9(13)3-5-14-11/h2-6H,1,12H2,(H3,13,14,15)/b4-2-. The summed E-state index contributed by atoms with van der Waals surface area (Å²) in [6, 6.07) is 1.76. The van der Waals surface area contributed by atoms with Gasteiger partial charge in [-0.2, -0.15) is 0 Å². The van der Waals surface area contributed by atoms with Gasteiger partial charge in [-0.05, 0) is 23.9 Å². The lowest BCUT2D eigenvalue weighted by Crippen LogP contribution is -1.89. The number of nitrogens with one attached hydrogen (secondary N) is 1. The lowest BCUT2D eigenvalue weighted by molar-refractivity contribution is 1.33. The van der Waals surface area contributed by atoms with E-state index in [0.29, 0.717) is 5.69 Å². The molecule has 15 heavy (non-hydrogen) atoms. The van der Waals surface area contributed by atoms with Gasteiger partial charge in [-0.15, -0.1) is 0 Å². The highest BCUT2D eigenvalue weighted by molar-refractivity contribution is 5.99. The second-order valence-corrected chi connectivity index (χ2v) is 3.21. The summed E-state index contributed by atoms with van der Waals surface area (Å²) in [4.78, 5) is 7.21. The van der Waals surface area contributed by atoms with E-state index in [1.807, 2.05) is 6.20 Å². The van der Waals surface area contributed by atoms with Gasteiger partial charge >= 0.3 is 0 Å². The zero-order valence-electron chi connectivity index (χ0n) is 8.20. The van der Waals surface area contributed by atoms with Crippen molar-refractivity contribution in [2.45, 2.75) is 0 Å². The zero-order chi connectivity index (χ0) is 10.8. The van der Waals surface area contributed by atoms with Gasteiger partial charge in [-0.3, -0.25) is 0 Å². The Hall–Kier alpha value is -2.23. The van der Waals surface area contributed by atoms with Crippen LogP contribution in [0.25, 0.3) is 16.6 Å². The molecule has 4 nitrogen and oxygen atoms in total. The average Bonchev–Trinajstić information content (AvgIpc) is 2.63. The Balaban J connectivity index is 2.67. The van der Waals surface area contributed by atoms with Crippen LogP contribution in [-0.2, 0) is 0 Å². The molecule has 2 rings (SSSR count). The van der Waals surface area contributed by atoms with E-state index in [4.69, 9.17) is 11.5 Å². The topological polar surface area (TPSA) is 80.7 Å². The van der Waals surface area contributed by atoms with E-state index in [1.54, 1.807) is 18.3 Å². The summed E-state index contributed by atoms with van der Waals surface area (Å²) in [6.07, 6.45) is 6.68. The number of aromatic nitrogens is 2. The first-order chi connectivity index (χ1) is 7.24. The highest BCUT2D eigenvalue weighted by Gasteiger charge is 2.08. The molecule has 76 valence electrons. The smallest absolute Gasteiger partial charge is 0.139 e. The van der Waals surface area contributed by atoms with Gasteiger partial charge in [-0.25, -0.2) is 4.98 Å². The van der Waals surface area contributed by atoms with Crippen LogP contribution in [-0.4, -0.2) is 9.97 Å². The van der Waals surface area contributed by atoms with Crippen LogP contribution in [0.1, 0.15) is 5.56 Å². The summed E-state index contributed by atoms with van der Waals surface area (Å²) in [5.41, 5.74) is 14.4. The van der Waals surface area contributed by atoms with Crippen LogP contribution in [0.3, 0.4) is 0 Å². The molecule has 0 aromatic carbocycles. The van der Waals surface area contributed by atoms with Gasteiger partial charge < -0.3 is 16.5 Å². The van der Waals surface area contributed by atoms with Gasteiger partial charge in [0.25, 0.3) is 0 Å². The number of nitrogens with two attached hydrogens (primary N) is 2. The second-order valence-electron chi connectivity index (χ2n) is 3.21. The number of rotatable bonds is 2. The molecule has 0 amide bonds. The van der Waals surface area contributed by atoms with E-state index in [2.05, 4.69) is 16.5 Å². The lowest BCUT2D eigenvalue weighted by atomic mass is 10.1. The molecular formula is C11H12N4. The Morgan fingerprint density at radius 2 is 2.33 bits per heavy atom. The number of nitrogens with zero attached hydrogens (tertiary/aromatic N) is 1. The predicted molar refractivity (Wildman–Crippen MR) is 62.9 cm³/mol. The monoisotopic (exact) mass is 200 g/mol. The SMILES string of the molecule is C=C(/C=C\N)c1c[nH]c2nccc(N)c12. The lowest BCUT2D eigenvalue weighted by Gasteiger charge is -2.00. The van der Waals surface area contributed by atoms with E-state index in [0.717, 1.165) is 22.2 Å². The first-order valence-corrected chi connectivity index (χ1v) is 4.53. The van der Waals surface area contributed by atoms with E-state index in [9.17, 15) is 0 Å². The number of anilines is 1. The highest BCUT2D eigenvalue weighted by Crippen LogP contribution is 2.27. The molecule has 0 saturated heterocycles. The van der Waals surface area contributed by atoms with Crippen molar-refractivity contribution in [2.24, 2.45) is 5.73 Å². The molecule has 2 aromatic heterocycles. The maximum absolute atomic E-state index is 5.88. The van der Waals surface area contributed by atoms with Crippen LogP contribution in [0.2, 0.25) is 0 Å². The molecule has 5 N–H and O–H groups in total. The summed E-state index contributed by atoms with van der Waals surface area (Å²) in [7, 11) is 0. The summed E-state index contributed by atoms with van der Waals surface area (Å²) < 4.78 is 0. The Labute approximate surface area is 87.3 Å². The maximum atomic E-state index is 5.88. The minimum Gasteiger partial charge on any atom is -0.405 e. The molecule has 4 heteroatoms. The first kappa shape index (κ1) is 9.33.